The Morgan fingerprint density at radius 2 is 1.83 bits per heavy atom. The molecule has 2 aromatic carbocycles. The van der Waals surface area contributed by atoms with Gasteiger partial charge in [-0.2, -0.15) is 0 Å². The minimum atomic E-state index is 0.778. The summed E-state index contributed by atoms with van der Waals surface area (Å²) in [5.41, 5.74) is 2.64. The molecule has 0 bridgehead atoms. The standard InChI is InChI=1S/C15H17NO2/c1-17-13-8-11-6-5-10-4-3-7-16-15(10)12(11)9-14(13)18-2/h5-6,8-9,16H,3-4,7H2,1-2H3. The molecule has 1 aliphatic heterocycles. The van der Waals surface area contributed by atoms with Gasteiger partial charge in [-0.15, -0.1) is 0 Å². The van der Waals surface area contributed by atoms with E-state index in [9.17, 15) is 0 Å². The van der Waals surface area contributed by atoms with E-state index in [1.54, 1.807) is 14.2 Å². The minimum absolute atomic E-state index is 0.778. The van der Waals surface area contributed by atoms with Crippen LogP contribution in [0.25, 0.3) is 10.8 Å². The lowest BCUT2D eigenvalue weighted by Crippen LogP contribution is -2.11. The minimum Gasteiger partial charge on any atom is -0.493 e. The molecule has 0 unspecified atom stereocenters. The van der Waals surface area contributed by atoms with Crippen molar-refractivity contribution in [3.63, 3.8) is 0 Å². The maximum absolute atomic E-state index is 5.38. The number of ether oxygens (including phenoxy) is 2. The summed E-state index contributed by atoms with van der Waals surface area (Å²) < 4.78 is 10.7. The van der Waals surface area contributed by atoms with Crippen LogP contribution in [0.3, 0.4) is 0 Å². The second-order valence-corrected chi connectivity index (χ2v) is 4.56. The fourth-order valence-electron chi connectivity index (χ4n) is 2.61. The molecule has 0 aliphatic carbocycles. The molecule has 1 aliphatic rings. The molecule has 0 fully saturated rings. The number of methoxy groups -OCH3 is 2. The Labute approximate surface area is 107 Å². The summed E-state index contributed by atoms with van der Waals surface area (Å²) >= 11 is 0. The van der Waals surface area contributed by atoms with E-state index >= 15 is 0 Å². The number of aryl methyl sites for hydroxylation is 1. The third kappa shape index (κ3) is 1.67. The van der Waals surface area contributed by atoms with Crippen molar-refractivity contribution in [3.05, 3.63) is 29.8 Å². The van der Waals surface area contributed by atoms with Crippen LogP contribution < -0.4 is 14.8 Å². The Kier molecular flexibility index (Phi) is 2.74. The summed E-state index contributed by atoms with van der Waals surface area (Å²) in [6.45, 7) is 1.04. The molecule has 0 atom stereocenters. The number of rotatable bonds is 2. The zero-order chi connectivity index (χ0) is 12.5. The van der Waals surface area contributed by atoms with E-state index in [1.807, 2.05) is 6.07 Å². The van der Waals surface area contributed by atoms with Gasteiger partial charge in [-0.1, -0.05) is 12.1 Å². The van der Waals surface area contributed by atoms with Gasteiger partial charge in [0.05, 0.1) is 14.2 Å². The molecule has 2 aromatic rings. The average Bonchev–Trinajstić information content (AvgIpc) is 2.45. The fraction of sp³-hybridized carbons (Fsp3) is 0.333. The third-order valence-electron chi connectivity index (χ3n) is 3.53. The van der Waals surface area contributed by atoms with Crippen LogP contribution in [-0.4, -0.2) is 20.8 Å². The first kappa shape index (κ1) is 11.2. The highest BCUT2D eigenvalue weighted by Crippen LogP contribution is 2.38. The molecule has 3 nitrogen and oxygen atoms in total. The number of anilines is 1. The van der Waals surface area contributed by atoms with Crippen molar-refractivity contribution in [3.8, 4) is 11.5 Å². The molecule has 94 valence electrons. The Balaban J connectivity index is 2.27. The highest BCUT2D eigenvalue weighted by atomic mass is 16.5. The van der Waals surface area contributed by atoms with Crippen molar-refractivity contribution in [2.45, 2.75) is 12.8 Å². The van der Waals surface area contributed by atoms with Crippen molar-refractivity contribution < 1.29 is 9.47 Å². The van der Waals surface area contributed by atoms with Crippen molar-refractivity contribution >= 4 is 16.5 Å². The molecule has 0 aromatic heterocycles. The van der Waals surface area contributed by atoms with Crippen LogP contribution >= 0.6 is 0 Å². The molecular formula is C15H17NO2. The number of hydrogen-bond acceptors (Lipinski definition) is 3. The molecule has 0 saturated heterocycles. The maximum Gasteiger partial charge on any atom is 0.161 e. The van der Waals surface area contributed by atoms with E-state index in [4.69, 9.17) is 9.47 Å². The van der Waals surface area contributed by atoms with Gasteiger partial charge in [-0.05, 0) is 35.9 Å². The lowest BCUT2D eigenvalue weighted by atomic mass is 9.97. The smallest absolute Gasteiger partial charge is 0.161 e. The average molecular weight is 243 g/mol. The zero-order valence-corrected chi connectivity index (χ0v) is 10.7. The van der Waals surface area contributed by atoms with Gasteiger partial charge in [0.2, 0.25) is 0 Å². The quantitative estimate of drug-likeness (QED) is 0.878. The topological polar surface area (TPSA) is 30.5 Å². The van der Waals surface area contributed by atoms with E-state index in [1.165, 1.54) is 28.4 Å². The molecule has 0 saturated carbocycles. The van der Waals surface area contributed by atoms with E-state index in [-0.39, 0.29) is 0 Å². The van der Waals surface area contributed by atoms with E-state index < -0.39 is 0 Å². The third-order valence-corrected chi connectivity index (χ3v) is 3.53. The molecule has 3 heteroatoms. The van der Waals surface area contributed by atoms with Gasteiger partial charge in [0.25, 0.3) is 0 Å². The number of fused-ring (bicyclic) bond motifs is 3. The molecule has 1 heterocycles. The first-order valence-corrected chi connectivity index (χ1v) is 6.25. The van der Waals surface area contributed by atoms with E-state index in [0.717, 1.165) is 24.5 Å². The number of benzene rings is 2. The van der Waals surface area contributed by atoms with Gasteiger partial charge in [0, 0.05) is 17.6 Å². The van der Waals surface area contributed by atoms with Gasteiger partial charge < -0.3 is 14.8 Å². The molecule has 0 amide bonds. The highest BCUT2D eigenvalue weighted by molar-refractivity contribution is 5.98. The first-order chi connectivity index (χ1) is 8.83. The Hall–Kier alpha value is -1.90. The predicted molar refractivity (Wildman–Crippen MR) is 73.9 cm³/mol. The van der Waals surface area contributed by atoms with E-state index in [0.29, 0.717) is 0 Å². The molecule has 0 radical (unpaired) electrons. The second-order valence-electron chi connectivity index (χ2n) is 4.56. The number of nitrogens with one attached hydrogen (secondary N) is 1. The molecule has 3 rings (SSSR count). The van der Waals surface area contributed by atoms with Crippen molar-refractivity contribution in [2.75, 3.05) is 26.1 Å². The Morgan fingerprint density at radius 1 is 1.06 bits per heavy atom. The molecule has 1 N–H and O–H groups in total. The summed E-state index contributed by atoms with van der Waals surface area (Å²) in [4.78, 5) is 0. The zero-order valence-electron chi connectivity index (χ0n) is 10.7. The summed E-state index contributed by atoms with van der Waals surface area (Å²) in [5, 5.41) is 5.89. The summed E-state index contributed by atoms with van der Waals surface area (Å²) in [7, 11) is 3.34. The van der Waals surface area contributed by atoms with Gasteiger partial charge in [0.15, 0.2) is 11.5 Å². The molecular weight excluding hydrogens is 226 g/mol. The van der Waals surface area contributed by atoms with Crippen LogP contribution in [0.4, 0.5) is 5.69 Å². The van der Waals surface area contributed by atoms with Crippen LogP contribution in [0.2, 0.25) is 0 Å². The van der Waals surface area contributed by atoms with E-state index in [2.05, 4.69) is 23.5 Å². The fourth-order valence-corrected chi connectivity index (χ4v) is 2.61. The van der Waals surface area contributed by atoms with Crippen molar-refractivity contribution in [1.82, 2.24) is 0 Å². The van der Waals surface area contributed by atoms with Crippen molar-refractivity contribution in [1.29, 1.82) is 0 Å². The second kappa shape index (κ2) is 4.41. The Morgan fingerprint density at radius 3 is 2.61 bits per heavy atom. The first-order valence-electron chi connectivity index (χ1n) is 6.25. The van der Waals surface area contributed by atoms with Crippen LogP contribution in [0.15, 0.2) is 24.3 Å². The van der Waals surface area contributed by atoms with Crippen LogP contribution in [0, 0.1) is 0 Å². The highest BCUT2D eigenvalue weighted by Gasteiger charge is 2.14. The van der Waals surface area contributed by atoms with Crippen LogP contribution in [0.1, 0.15) is 12.0 Å². The summed E-state index contributed by atoms with van der Waals surface area (Å²) in [5.74, 6) is 1.56. The largest absolute Gasteiger partial charge is 0.493 e. The lowest BCUT2D eigenvalue weighted by molar-refractivity contribution is 0.356. The van der Waals surface area contributed by atoms with Gasteiger partial charge in [0.1, 0.15) is 0 Å². The summed E-state index contributed by atoms with van der Waals surface area (Å²) in [6, 6.07) is 8.45. The van der Waals surface area contributed by atoms with Crippen LogP contribution in [-0.2, 0) is 6.42 Å². The van der Waals surface area contributed by atoms with Crippen LogP contribution in [0.5, 0.6) is 11.5 Å². The molecule has 0 spiro atoms. The Bertz CT molecular complexity index is 593. The summed E-state index contributed by atoms with van der Waals surface area (Å²) in [6.07, 6.45) is 2.35. The normalized spacial score (nSPS) is 13.9. The predicted octanol–water partition coefficient (Wildman–Crippen LogP) is 3.22. The molecule has 18 heavy (non-hydrogen) atoms. The lowest BCUT2D eigenvalue weighted by Gasteiger charge is -2.21. The SMILES string of the molecule is COc1cc2ccc3c(c2cc1OC)NCCC3. The van der Waals surface area contributed by atoms with Gasteiger partial charge in [-0.25, -0.2) is 0 Å². The van der Waals surface area contributed by atoms with Gasteiger partial charge >= 0.3 is 0 Å². The van der Waals surface area contributed by atoms with Crippen molar-refractivity contribution in [2.24, 2.45) is 0 Å². The monoisotopic (exact) mass is 243 g/mol. The van der Waals surface area contributed by atoms with Gasteiger partial charge in [-0.3, -0.25) is 0 Å². The number of hydrogen-bond donors (Lipinski definition) is 1. The maximum atomic E-state index is 5.38.